The van der Waals surface area contributed by atoms with Gasteiger partial charge in [0.05, 0.1) is 0 Å². The van der Waals surface area contributed by atoms with Crippen LogP contribution in [-0.2, 0) is 56.0 Å². The van der Waals surface area contributed by atoms with Crippen LogP contribution in [0.2, 0.25) is 0 Å². The summed E-state index contributed by atoms with van der Waals surface area (Å²) in [4.78, 5) is 127. The molecule has 3 aromatic rings. The summed E-state index contributed by atoms with van der Waals surface area (Å²) in [5, 5.41) is 42.2. The number of rotatable bonds is 18. The molecule has 1 aromatic heterocycles. The Labute approximate surface area is 433 Å². The van der Waals surface area contributed by atoms with E-state index >= 15 is 0 Å². The lowest BCUT2D eigenvalue weighted by Gasteiger charge is -2.28. The largest absolute Gasteiger partial charge is 0.399 e. The summed E-state index contributed by atoms with van der Waals surface area (Å²) >= 11 is 0. The van der Waals surface area contributed by atoms with Crippen molar-refractivity contribution in [1.29, 1.82) is 10.8 Å². The standard InChI is InChI=1S/C48H72N18O9/c1-26(67)60-33(10-5-21-57-47(52)53)41(70)63-35-16-17-39(68)56-20-4-9-32(40(51)69)61-46(75)38(24-28-25-59-31-8-3-2-7-30(28)31)66-42(71)34(11-6-22-58-48(54)55)62-45(74)37(23-27-12-14-29(50)15-13-27)65-44(73)36(18-19-49)64-43(35)72/h2-3,7-8,12-15,25,32-38,59H,4-6,9-11,16-24,49-50H2,1H3,(H2,51,69)(H,56,68)(H,60,67)(H,61,75)(H,62,74)(H,63,70)(H,64,72)(H,65,73)(H,66,71)(H4,52,53,57)(H4,54,55,58)/t32-,33-,34-,35-,36-,37+,38-/m0/s1. The van der Waals surface area contributed by atoms with E-state index in [9.17, 15) is 43.2 Å². The Morgan fingerprint density at radius 2 is 1.31 bits per heavy atom. The summed E-state index contributed by atoms with van der Waals surface area (Å²) < 4.78 is 0. The third kappa shape index (κ3) is 20.2. The van der Waals surface area contributed by atoms with Crippen LogP contribution in [-0.4, -0.2) is 139 Å². The van der Waals surface area contributed by atoms with Crippen molar-refractivity contribution in [3.05, 3.63) is 65.9 Å². The molecule has 1 aliphatic rings. The van der Waals surface area contributed by atoms with Crippen LogP contribution < -0.4 is 81.8 Å². The maximum absolute atomic E-state index is 14.6. The van der Waals surface area contributed by atoms with Crippen LogP contribution in [0.25, 0.3) is 10.9 Å². The molecule has 1 saturated heterocycles. The molecule has 408 valence electrons. The summed E-state index contributed by atoms with van der Waals surface area (Å²) in [5.74, 6) is -7.76. The first-order valence-corrected chi connectivity index (χ1v) is 24.6. The van der Waals surface area contributed by atoms with Gasteiger partial charge in [0, 0.05) is 68.6 Å². The molecule has 7 atom stereocenters. The molecule has 1 aliphatic heterocycles. The second-order valence-corrected chi connectivity index (χ2v) is 18.1. The quantitative estimate of drug-likeness (QED) is 0.0250. The van der Waals surface area contributed by atoms with Crippen molar-refractivity contribution in [2.75, 3.05) is 31.9 Å². The Kier molecular flexibility index (Phi) is 23.5. The molecule has 2 aromatic carbocycles. The van der Waals surface area contributed by atoms with Crippen molar-refractivity contribution in [3.8, 4) is 0 Å². The van der Waals surface area contributed by atoms with Crippen molar-refractivity contribution in [3.63, 3.8) is 0 Å². The van der Waals surface area contributed by atoms with Gasteiger partial charge in [-0.3, -0.25) is 54.0 Å². The number of guanidine groups is 2. The van der Waals surface area contributed by atoms with E-state index in [-0.39, 0.29) is 109 Å². The molecule has 9 amide bonds. The molecule has 0 bridgehead atoms. The zero-order valence-corrected chi connectivity index (χ0v) is 41.9. The fourth-order valence-corrected chi connectivity index (χ4v) is 8.19. The number of nitrogens with two attached hydrogens (primary N) is 5. The number of H-pyrrole nitrogens is 1. The maximum Gasteiger partial charge on any atom is 0.243 e. The fourth-order valence-electron chi connectivity index (χ4n) is 8.19. The van der Waals surface area contributed by atoms with E-state index in [1.54, 1.807) is 36.5 Å². The summed E-state index contributed by atoms with van der Waals surface area (Å²) in [6.07, 6.45) is 1.05. The molecule has 75 heavy (non-hydrogen) atoms. The Morgan fingerprint density at radius 3 is 1.95 bits per heavy atom. The number of hydrogen-bond donors (Lipinski definition) is 18. The van der Waals surface area contributed by atoms with Gasteiger partial charge in [0.1, 0.15) is 42.3 Å². The van der Waals surface area contributed by atoms with Crippen molar-refractivity contribution in [2.24, 2.45) is 22.9 Å². The minimum Gasteiger partial charge on any atom is -0.399 e. The summed E-state index contributed by atoms with van der Waals surface area (Å²) in [6.45, 7) is 1.31. The lowest BCUT2D eigenvalue weighted by atomic mass is 10.0. The topological polar surface area (TPSA) is 468 Å². The highest BCUT2D eigenvalue weighted by molar-refractivity contribution is 5.98. The highest BCUT2D eigenvalue weighted by Gasteiger charge is 2.35. The summed E-state index contributed by atoms with van der Waals surface area (Å²) in [7, 11) is 0. The number of aromatic nitrogens is 1. The minimum absolute atomic E-state index is 0.0216. The van der Waals surface area contributed by atoms with Gasteiger partial charge in [-0.1, -0.05) is 30.3 Å². The minimum atomic E-state index is -1.48. The highest BCUT2D eigenvalue weighted by Crippen LogP contribution is 2.20. The number of nitrogens with one attached hydrogen (secondary N) is 13. The Balaban J connectivity index is 1.76. The molecule has 2 heterocycles. The molecule has 1 fully saturated rings. The van der Waals surface area contributed by atoms with E-state index in [4.69, 9.17) is 39.5 Å². The molecule has 0 radical (unpaired) electrons. The number of anilines is 1. The van der Waals surface area contributed by atoms with Crippen molar-refractivity contribution in [2.45, 2.75) is 120 Å². The Bertz CT molecular complexity index is 2500. The van der Waals surface area contributed by atoms with Gasteiger partial charge in [0.25, 0.3) is 0 Å². The molecular formula is C48H72N18O9. The second kappa shape index (κ2) is 29.9. The first kappa shape index (κ1) is 59.1. The third-order valence-corrected chi connectivity index (χ3v) is 12.1. The molecule has 27 heteroatoms. The summed E-state index contributed by atoms with van der Waals surface area (Å²) in [5.41, 5.74) is 30.9. The van der Waals surface area contributed by atoms with Gasteiger partial charge in [-0.15, -0.1) is 0 Å². The number of amides is 9. The monoisotopic (exact) mass is 1040 g/mol. The van der Waals surface area contributed by atoms with E-state index in [1.807, 2.05) is 18.2 Å². The van der Waals surface area contributed by atoms with E-state index in [1.165, 1.54) is 6.92 Å². The molecule has 0 unspecified atom stereocenters. The van der Waals surface area contributed by atoms with Crippen molar-refractivity contribution in [1.82, 2.24) is 58.2 Å². The smallest absolute Gasteiger partial charge is 0.243 e. The van der Waals surface area contributed by atoms with Gasteiger partial charge in [-0.05, 0) is 87.2 Å². The van der Waals surface area contributed by atoms with Crippen LogP contribution in [0.3, 0.4) is 0 Å². The van der Waals surface area contributed by atoms with Gasteiger partial charge in [0.15, 0.2) is 11.9 Å². The summed E-state index contributed by atoms with van der Waals surface area (Å²) in [6, 6.07) is 4.14. The zero-order valence-electron chi connectivity index (χ0n) is 41.9. The van der Waals surface area contributed by atoms with Gasteiger partial charge in [0.2, 0.25) is 53.2 Å². The van der Waals surface area contributed by atoms with Gasteiger partial charge in [-0.2, -0.15) is 0 Å². The number of nitrogen functional groups attached to an aromatic ring is 1. The number of para-hydroxylation sites is 1. The molecule has 27 nitrogen and oxygen atoms in total. The molecular weight excluding hydrogens is 973 g/mol. The second-order valence-electron chi connectivity index (χ2n) is 18.1. The van der Waals surface area contributed by atoms with Crippen molar-refractivity contribution < 1.29 is 43.2 Å². The highest BCUT2D eigenvalue weighted by atomic mass is 16.2. The van der Waals surface area contributed by atoms with Gasteiger partial charge >= 0.3 is 0 Å². The maximum atomic E-state index is 14.6. The van der Waals surface area contributed by atoms with E-state index in [2.05, 4.69) is 58.2 Å². The van der Waals surface area contributed by atoms with Crippen molar-refractivity contribution >= 4 is 81.7 Å². The van der Waals surface area contributed by atoms with Crippen LogP contribution in [0.15, 0.2) is 54.7 Å². The number of benzene rings is 2. The van der Waals surface area contributed by atoms with E-state index < -0.39 is 95.5 Å². The molecule has 4 rings (SSSR count). The number of hydrogen-bond acceptors (Lipinski definition) is 13. The van der Waals surface area contributed by atoms with Crippen LogP contribution in [0, 0.1) is 10.8 Å². The third-order valence-electron chi connectivity index (χ3n) is 12.1. The average molecular weight is 1050 g/mol. The van der Waals surface area contributed by atoms with Gasteiger partial charge < -0.3 is 86.8 Å². The number of aromatic amines is 1. The Hall–Kier alpha value is -8.49. The lowest BCUT2D eigenvalue weighted by Crippen LogP contribution is -2.60. The lowest BCUT2D eigenvalue weighted by molar-refractivity contribution is -0.136. The average Bonchev–Trinajstić information content (AvgIpc) is 3.77. The molecule has 0 aliphatic carbocycles. The van der Waals surface area contributed by atoms with Crippen LogP contribution in [0.1, 0.15) is 75.8 Å². The van der Waals surface area contributed by atoms with E-state index in [0.29, 0.717) is 16.8 Å². The van der Waals surface area contributed by atoms with Crippen LogP contribution in [0.4, 0.5) is 5.69 Å². The fraction of sp³-hybridized carbons (Fsp3) is 0.479. The first-order chi connectivity index (χ1) is 35.7. The first-order valence-electron chi connectivity index (χ1n) is 24.6. The molecule has 0 spiro atoms. The van der Waals surface area contributed by atoms with E-state index in [0.717, 1.165) is 10.9 Å². The molecule has 0 saturated carbocycles. The Morgan fingerprint density at radius 1 is 0.720 bits per heavy atom. The molecule has 23 N–H and O–H groups in total. The normalized spacial score (nSPS) is 21.1. The van der Waals surface area contributed by atoms with Crippen LogP contribution >= 0.6 is 0 Å². The predicted molar refractivity (Wildman–Crippen MR) is 278 cm³/mol. The van der Waals surface area contributed by atoms with Crippen LogP contribution in [0.5, 0.6) is 0 Å². The number of carbonyl (C=O) groups excluding carboxylic acids is 9. The number of carbonyl (C=O) groups is 9. The predicted octanol–water partition coefficient (Wildman–Crippen LogP) is -4.00. The zero-order chi connectivity index (χ0) is 55.0. The number of fused-ring (bicyclic) bond motifs is 1. The van der Waals surface area contributed by atoms with Gasteiger partial charge in [-0.25, -0.2) is 0 Å². The number of primary amides is 1. The SMILES string of the molecule is CC(=O)N[C@@H](CCCNC(=N)N)C(=O)N[C@H]1CCC(=O)NCCC[C@@H](C(N)=O)NC(=O)[C@H](Cc2c[nH]c3ccccc23)NC(=O)[C@H](CCCNC(=N)N)NC(=O)[C@@H](Cc2ccc(N)cc2)NC(=O)[C@H](CCN)NC1=O.